The van der Waals surface area contributed by atoms with Gasteiger partial charge in [-0.15, -0.1) is 9.05 Å². The minimum absolute atomic E-state index is 0.273. The van der Waals surface area contributed by atoms with E-state index in [1.54, 1.807) is 27.7 Å². The Morgan fingerprint density at radius 2 is 0.947 bits per heavy atom. The van der Waals surface area contributed by atoms with Crippen molar-refractivity contribution in [1.82, 2.24) is 0 Å². The Bertz CT molecular complexity index is 868. The first-order valence-corrected chi connectivity index (χ1v) is 14.2. The van der Waals surface area contributed by atoms with E-state index < -0.39 is 92.8 Å². The summed E-state index contributed by atoms with van der Waals surface area (Å²) >= 11 is 0. The summed E-state index contributed by atoms with van der Waals surface area (Å²) < 4.78 is 85.2. The van der Waals surface area contributed by atoms with Crippen LogP contribution in [0.25, 0.3) is 0 Å². The lowest BCUT2D eigenvalue weighted by Crippen LogP contribution is -2.44. The third-order valence-electron chi connectivity index (χ3n) is 7.26. The quantitative estimate of drug-likeness (QED) is 0.438. The van der Waals surface area contributed by atoms with Gasteiger partial charge in [0.15, 0.2) is 47.9 Å². The van der Waals surface area contributed by atoms with E-state index in [4.69, 9.17) is 56.4 Å². The van der Waals surface area contributed by atoms with Crippen LogP contribution in [-0.2, 0) is 61.0 Å². The van der Waals surface area contributed by atoms with E-state index in [-0.39, 0.29) is 13.2 Å². The standard InChI is InChI=1S/C24H38O13P/c1-21(2)26-9-11(30-21)13-15(17-19(28-13)34-23(5,6)32-17)36-38(25)37-16-14(12-10-27-22(3,4)31-12)29-20-18(16)33-24(7,8)35-20/h11-20H,9-10H2,1-8H3/q+1/t11?,12?,13-,14-,15+,16+,17-,18-,19-,20-/m0/s1. The van der Waals surface area contributed by atoms with Gasteiger partial charge in [0.2, 0.25) is 0 Å². The molecule has 6 aliphatic heterocycles. The molecule has 6 saturated heterocycles. The highest BCUT2D eigenvalue weighted by atomic mass is 31.1. The fourth-order valence-corrected chi connectivity index (χ4v) is 6.75. The predicted octanol–water partition coefficient (Wildman–Crippen LogP) is 2.47. The average molecular weight is 566 g/mol. The lowest BCUT2D eigenvalue weighted by Gasteiger charge is -2.27. The van der Waals surface area contributed by atoms with E-state index in [0.717, 1.165) is 0 Å². The van der Waals surface area contributed by atoms with Gasteiger partial charge in [0.1, 0.15) is 36.6 Å². The zero-order chi connectivity index (χ0) is 27.3. The molecule has 38 heavy (non-hydrogen) atoms. The second-order valence-electron chi connectivity index (χ2n) is 12.2. The van der Waals surface area contributed by atoms with Crippen LogP contribution in [0.2, 0.25) is 0 Å². The van der Waals surface area contributed by atoms with Crippen LogP contribution in [0.4, 0.5) is 0 Å². The second kappa shape index (κ2) is 9.32. The molecule has 0 aromatic heterocycles. The Balaban J connectivity index is 1.19. The van der Waals surface area contributed by atoms with Crippen molar-refractivity contribution in [2.75, 3.05) is 13.2 Å². The SMILES string of the molecule is CC1(C)OCC([C@@H]2O[C@H]3OC(C)(C)O[C@H]3[C@@H]2O[P+](=O)O[C@H]2[C@@H]3OC(C)(C)O[C@@H]3O[C@H]2C2COC(C)(C)O2)O1. The van der Waals surface area contributed by atoms with E-state index in [9.17, 15) is 4.57 Å². The zero-order valence-electron chi connectivity index (χ0n) is 22.9. The van der Waals surface area contributed by atoms with E-state index in [2.05, 4.69) is 0 Å². The lowest BCUT2D eigenvalue weighted by molar-refractivity contribution is -0.233. The first kappa shape index (κ1) is 27.8. The molecule has 13 nitrogen and oxygen atoms in total. The highest BCUT2D eigenvalue weighted by molar-refractivity contribution is 7.33. The number of fused-ring (bicyclic) bond motifs is 2. The zero-order valence-corrected chi connectivity index (χ0v) is 23.8. The monoisotopic (exact) mass is 565 g/mol. The van der Waals surface area contributed by atoms with Crippen molar-refractivity contribution in [2.45, 2.75) is 140 Å². The maximum Gasteiger partial charge on any atom is 0.698 e. The van der Waals surface area contributed by atoms with Crippen molar-refractivity contribution in [3.8, 4) is 0 Å². The minimum atomic E-state index is -2.72. The van der Waals surface area contributed by atoms with E-state index in [1.165, 1.54) is 0 Å². The lowest BCUT2D eigenvalue weighted by atomic mass is 10.1. The molecule has 0 amide bonds. The molecule has 0 bridgehead atoms. The molecule has 10 atom stereocenters. The van der Waals surface area contributed by atoms with Crippen LogP contribution in [0.15, 0.2) is 0 Å². The maximum atomic E-state index is 13.5. The summed E-state index contributed by atoms with van der Waals surface area (Å²) in [6, 6.07) is 0. The van der Waals surface area contributed by atoms with Gasteiger partial charge in [0.25, 0.3) is 0 Å². The Morgan fingerprint density at radius 1 is 0.553 bits per heavy atom. The largest absolute Gasteiger partial charge is 0.698 e. The molecular formula is C24H38O13P+. The van der Waals surface area contributed by atoms with Crippen LogP contribution in [0.5, 0.6) is 0 Å². The summed E-state index contributed by atoms with van der Waals surface area (Å²) in [5, 5.41) is 0. The molecule has 6 aliphatic rings. The number of rotatable bonds is 6. The summed E-state index contributed by atoms with van der Waals surface area (Å²) in [7, 11) is -2.72. The van der Waals surface area contributed by atoms with Crippen molar-refractivity contribution in [2.24, 2.45) is 0 Å². The molecule has 6 fully saturated rings. The van der Waals surface area contributed by atoms with Gasteiger partial charge in [-0.2, -0.15) is 0 Å². The normalized spacial score (nSPS) is 48.4. The van der Waals surface area contributed by atoms with Crippen molar-refractivity contribution in [3.05, 3.63) is 0 Å². The minimum Gasteiger partial charge on any atom is -0.348 e. The van der Waals surface area contributed by atoms with Gasteiger partial charge in [-0.05, 0) is 55.4 Å². The Morgan fingerprint density at radius 3 is 1.29 bits per heavy atom. The summed E-state index contributed by atoms with van der Waals surface area (Å²) in [4.78, 5) is 0. The number of hydrogen-bond donors (Lipinski definition) is 0. The van der Waals surface area contributed by atoms with Crippen LogP contribution in [-0.4, -0.2) is 97.8 Å². The topological polar surface area (TPSA) is 128 Å². The Kier molecular flexibility index (Phi) is 6.81. The van der Waals surface area contributed by atoms with Gasteiger partial charge < -0.3 is 47.4 Å². The molecule has 0 aliphatic carbocycles. The first-order chi connectivity index (χ1) is 17.6. The third-order valence-corrected chi connectivity index (χ3v) is 8.09. The number of hydrogen-bond acceptors (Lipinski definition) is 13. The fraction of sp³-hybridized carbons (Fsp3) is 1.00. The first-order valence-electron chi connectivity index (χ1n) is 13.1. The van der Waals surface area contributed by atoms with Crippen LogP contribution < -0.4 is 0 Å². The molecule has 0 aromatic carbocycles. The van der Waals surface area contributed by atoms with Crippen LogP contribution in [0, 0.1) is 0 Å². The molecule has 6 heterocycles. The van der Waals surface area contributed by atoms with Gasteiger partial charge in [-0.1, -0.05) is 0 Å². The molecular weight excluding hydrogens is 527 g/mol. The smallest absolute Gasteiger partial charge is 0.348 e. The molecule has 0 radical (unpaired) electrons. The van der Waals surface area contributed by atoms with Crippen molar-refractivity contribution in [3.63, 3.8) is 0 Å². The Hall–Kier alpha value is -0.380. The third kappa shape index (κ3) is 5.32. The van der Waals surface area contributed by atoms with E-state index in [1.807, 2.05) is 27.7 Å². The molecule has 216 valence electrons. The van der Waals surface area contributed by atoms with Gasteiger partial charge in [0, 0.05) is 4.57 Å². The average Bonchev–Trinajstić information content (AvgIpc) is 3.57. The van der Waals surface area contributed by atoms with Crippen molar-refractivity contribution in [1.29, 1.82) is 0 Å². The van der Waals surface area contributed by atoms with Crippen LogP contribution in [0.1, 0.15) is 55.4 Å². The Labute approximate surface area is 222 Å². The van der Waals surface area contributed by atoms with Gasteiger partial charge in [0.05, 0.1) is 13.2 Å². The van der Waals surface area contributed by atoms with Gasteiger partial charge in [-0.25, -0.2) is 0 Å². The molecule has 6 rings (SSSR count). The maximum absolute atomic E-state index is 13.5. The summed E-state index contributed by atoms with van der Waals surface area (Å²) in [5.41, 5.74) is 0. The molecule has 2 unspecified atom stereocenters. The van der Waals surface area contributed by atoms with Crippen molar-refractivity contribution >= 4 is 8.25 Å². The van der Waals surface area contributed by atoms with E-state index in [0.29, 0.717) is 0 Å². The van der Waals surface area contributed by atoms with Crippen LogP contribution in [0.3, 0.4) is 0 Å². The molecule has 14 heteroatoms. The fourth-order valence-electron chi connectivity index (χ4n) is 5.83. The molecule has 0 aromatic rings. The van der Waals surface area contributed by atoms with E-state index >= 15 is 0 Å². The predicted molar refractivity (Wildman–Crippen MR) is 125 cm³/mol. The molecule has 0 N–H and O–H groups in total. The summed E-state index contributed by atoms with van der Waals surface area (Å²) in [6.45, 7) is 14.9. The van der Waals surface area contributed by atoms with Crippen LogP contribution >= 0.6 is 8.25 Å². The van der Waals surface area contributed by atoms with Crippen molar-refractivity contribution < 1.29 is 61.0 Å². The summed E-state index contributed by atoms with van der Waals surface area (Å²) in [6.07, 6.45) is -6.65. The summed E-state index contributed by atoms with van der Waals surface area (Å²) in [5.74, 6) is -3.37. The second-order valence-corrected chi connectivity index (χ2v) is 13.1. The highest BCUT2D eigenvalue weighted by Gasteiger charge is 2.65. The molecule has 0 spiro atoms. The van der Waals surface area contributed by atoms with Gasteiger partial charge >= 0.3 is 8.25 Å². The van der Waals surface area contributed by atoms with Gasteiger partial charge in [-0.3, -0.25) is 0 Å². The highest BCUT2D eigenvalue weighted by Crippen LogP contribution is 2.48. The number of ether oxygens (including phenoxy) is 10. The molecule has 0 saturated carbocycles.